The number of methoxy groups -OCH3 is 2. The number of rotatable bonds is 11. The molecule has 208 valence electrons. The standard InChI is InChI=1S/C34H33N3O4/c1-40-29-18-16-26(17-19-29)25-12-14-27(15-13-25)33(38)37-31(20-11-23-7-4-3-5-8-23)30(34(39)41-2)22-24-9-6-10-28(21-24)32(35)36/h3-21,30-31H,22H2,1-2H3,(H3,35,36)(H,37,38)/b20-11+. The van der Waals surface area contributed by atoms with Gasteiger partial charge in [-0.15, -0.1) is 0 Å². The summed E-state index contributed by atoms with van der Waals surface area (Å²) in [5, 5.41) is 10.8. The molecule has 4 N–H and O–H groups in total. The molecule has 0 aliphatic heterocycles. The van der Waals surface area contributed by atoms with Crippen LogP contribution in [0, 0.1) is 11.3 Å². The Morgan fingerprint density at radius 3 is 2.12 bits per heavy atom. The van der Waals surface area contributed by atoms with E-state index in [0.717, 1.165) is 28.0 Å². The van der Waals surface area contributed by atoms with Crippen LogP contribution in [0.25, 0.3) is 17.2 Å². The van der Waals surface area contributed by atoms with Gasteiger partial charge in [-0.3, -0.25) is 15.0 Å². The van der Waals surface area contributed by atoms with E-state index in [9.17, 15) is 9.59 Å². The Labute approximate surface area is 240 Å². The lowest BCUT2D eigenvalue weighted by Crippen LogP contribution is -2.43. The molecule has 2 unspecified atom stereocenters. The number of hydrogen-bond acceptors (Lipinski definition) is 5. The first-order chi connectivity index (χ1) is 19.9. The largest absolute Gasteiger partial charge is 0.497 e. The van der Waals surface area contributed by atoms with Crippen molar-refractivity contribution in [3.63, 3.8) is 0 Å². The summed E-state index contributed by atoms with van der Waals surface area (Å²) in [5.74, 6) is -0.804. The van der Waals surface area contributed by atoms with Crippen molar-refractivity contribution < 1.29 is 19.1 Å². The highest BCUT2D eigenvalue weighted by molar-refractivity contribution is 5.96. The van der Waals surface area contributed by atoms with Gasteiger partial charge >= 0.3 is 5.97 Å². The van der Waals surface area contributed by atoms with E-state index in [2.05, 4.69) is 5.32 Å². The highest BCUT2D eigenvalue weighted by Gasteiger charge is 2.30. The van der Waals surface area contributed by atoms with E-state index in [1.54, 1.807) is 37.4 Å². The molecular formula is C34H33N3O4. The summed E-state index contributed by atoms with van der Waals surface area (Å²) < 4.78 is 10.4. The van der Waals surface area contributed by atoms with Gasteiger partial charge < -0.3 is 20.5 Å². The Morgan fingerprint density at radius 1 is 0.854 bits per heavy atom. The normalized spacial score (nSPS) is 12.3. The molecule has 7 heteroatoms. The van der Waals surface area contributed by atoms with Crippen LogP contribution in [-0.2, 0) is 16.0 Å². The zero-order valence-electron chi connectivity index (χ0n) is 23.0. The lowest BCUT2D eigenvalue weighted by Gasteiger charge is -2.24. The quantitative estimate of drug-likeness (QED) is 0.131. The van der Waals surface area contributed by atoms with Crippen LogP contribution >= 0.6 is 0 Å². The lowest BCUT2D eigenvalue weighted by molar-refractivity contribution is -0.145. The summed E-state index contributed by atoms with van der Waals surface area (Å²) in [6.07, 6.45) is 3.96. The van der Waals surface area contributed by atoms with Gasteiger partial charge in [0.05, 0.1) is 26.2 Å². The van der Waals surface area contributed by atoms with Crippen molar-refractivity contribution >= 4 is 23.8 Å². The Kier molecular flexibility index (Phi) is 9.67. The molecule has 0 heterocycles. The van der Waals surface area contributed by atoms with Crippen molar-refractivity contribution in [2.24, 2.45) is 11.7 Å². The van der Waals surface area contributed by atoms with Crippen molar-refractivity contribution in [3.8, 4) is 16.9 Å². The third kappa shape index (κ3) is 7.70. The lowest BCUT2D eigenvalue weighted by atomic mass is 9.90. The van der Waals surface area contributed by atoms with Crippen LogP contribution in [0.3, 0.4) is 0 Å². The number of nitrogens with two attached hydrogens (primary N) is 1. The molecule has 0 spiro atoms. The van der Waals surface area contributed by atoms with E-state index in [0.29, 0.717) is 11.1 Å². The molecular weight excluding hydrogens is 514 g/mol. The molecule has 1 amide bonds. The van der Waals surface area contributed by atoms with Gasteiger partial charge in [-0.05, 0) is 59.0 Å². The first-order valence-electron chi connectivity index (χ1n) is 13.2. The zero-order chi connectivity index (χ0) is 29.2. The van der Waals surface area contributed by atoms with Gasteiger partial charge in [-0.25, -0.2) is 0 Å². The minimum atomic E-state index is -0.732. The molecule has 0 aromatic heterocycles. The third-order valence-corrected chi connectivity index (χ3v) is 6.79. The Hall–Kier alpha value is -5.17. The molecule has 7 nitrogen and oxygen atoms in total. The van der Waals surface area contributed by atoms with E-state index in [1.165, 1.54) is 7.11 Å². The minimum absolute atomic E-state index is 0.0617. The number of nitrogens with one attached hydrogen (secondary N) is 2. The fourth-order valence-corrected chi connectivity index (χ4v) is 4.52. The predicted octanol–water partition coefficient (Wildman–Crippen LogP) is 5.49. The van der Waals surface area contributed by atoms with Gasteiger partial charge in [-0.2, -0.15) is 0 Å². The van der Waals surface area contributed by atoms with Crippen molar-refractivity contribution in [1.29, 1.82) is 5.41 Å². The van der Waals surface area contributed by atoms with Crippen LogP contribution in [0.5, 0.6) is 5.75 Å². The Morgan fingerprint density at radius 2 is 1.51 bits per heavy atom. The number of hydrogen-bond donors (Lipinski definition) is 3. The van der Waals surface area contributed by atoms with Gasteiger partial charge in [0.2, 0.25) is 0 Å². The number of nitrogen functional groups attached to an aromatic ring is 1. The van der Waals surface area contributed by atoms with E-state index in [1.807, 2.05) is 84.9 Å². The molecule has 4 aromatic carbocycles. The second-order valence-corrected chi connectivity index (χ2v) is 9.52. The second-order valence-electron chi connectivity index (χ2n) is 9.52. The summed E-state index contributed by atoms with van der Waals surface area (Å²) in [6, 6.07) is 31.1. The van der Waals surface area contributed by atoms with Crippen LogP contribution in [0.4, 0.5) is 0 Å². The van der Waals surface area contributed by atoms with Gasteiger partial charge in [-0.1, -0.05) is 84.9 Å². The fraction of sp³-hybridized carbons (Fsp3) is 0.147. The molecule has 4 rings (SSSR count). The number of esters is 1. The van der Waals surface area contributed by atoms with Gasteiger partial charge in [0, 0.05) is 11.1 Å². The number of carbonyl (C=O) groups is 2. The second kappa shape index (κ2) is 13.8. The molecule has 0 aliphatic carbocycles. The number of ether oxygens (including phenoxy) is 2. The number of carbonyl (C=O) groups excluding carboxylic acids is 2. The maximum atomic E-state index is 13.5. The number of amides is 1. The first-order valence-corrected chi connectivity index (χ1v) is 13.2. The molecule has 0 fully saturated rings. The average Bonchev–Trinajstić information content (AvgIpc) is 3.02. The van der Waals surface area contributed by atoms with Crippen LogP contribution in [0.15, 0.2) is 109 Å². The predicted molar refractivity (Wildman–Crippen MR) is 162 cm³/mol. The fourth-order valence-electron chi connectivity index (χ4n) is 4.52. The first kappa shape index (κ1) is 28.8. The molecule has 0 radical (unpaired) electrons. The summed E-state index contributed by atoms with van der Waals surface area (Å²) in [4.78, 5) is 26.5. The molecule has 0 saturated heterocycles. The van der Waals surface area contributed by atoms with Crippen LogP contribution in [0.1, 0.15) is 27.0 Å². The Balaban J connectivity index is 1.61. The molecule has 0 saturated carbocycles. The maximum absolute atomic E-state index is 13.5. The van der Waals surface area contributed by atoms with Crippen LogP contribution in [0.2, 0.25) is 0 Å². The Bertz CT molecular complexity index is 1510. The average molecular weight is 548 g/mol. The summed E-state index contributed by atoms with van der Waals surface area (Å²) in [6.45, 7) is 0. The topological polar surface area (TPSA) is 115 Å². The van der Waals surface area contributed by atoms with Crippen LogP contribution < -0.4 is 15.8 Å². The SMILES string of the molecule is COC(=O)C(Cc1cccc(C(=N)N)c1)C(/C=C/c1ccccc1)NC(=O)c1ccc(-c2ccc(OC)cc2)cc1. The van der Waals surface area contributed by atoms with Crippen LogP contribution in [-0.4, -0.2) is 38.0 Å². The van der Waals surface area contributed by atoms with Gasteiger partial charge in [0.25, 0.3) is 5.91 Å². The highest BCUT2D eigenvalue weighted by atomic mass is 16.5. The molecule has 0 aliphatic rings. The van der Waals surface area contributed by atoms with E-state index < -0.39 is 17.9 Å². The molecule has 41 heavy (non-hydrogen) atoms. The molecule has 2 atom stereocenters. The summed E-state index contributed by atoms with van der Waals surface area (Å²) in [7, 11) is 2.96. The van der Waals surface area contributed by atoms with Crippen molar-refractivity contribution in [1.82, 2.24) is 5.32 Å². The monoisotopic (exact) mass is 547 g/mol. The zero-order valence-corrected chi connectivity index (χ0v) is 23.0. The maximum Gasteiger partial charge on any atom is 0.311 e. The van der Waals surface area contributed by atoms with Crippen molar-refractivity contribution in [3.05, 3.63) is 131 Å². The van der Waals surface area contributed by atoms with Crippen molar-refractivity contribution in [2.45, 2.75) is 12.5 Å². The minimum Gasteiger partial charge on any atom is -0.497 e. The summed E-state index contributed by atoms with van der Waals surface area (Å²) >= 11 is 0. The molecule has 0 bridgehead atoms. The third-order valence-electron chi connectivity index (χ3n) is 6.79. The van der Waals surface area contributed by atoms with E-state index in [-0.39, 0.29) is 18.2 Å². The van der Waals surface area contributed by atoms with Gasteiger partial charge in [0.15, 0.2) is 0 Å². The molecule has 4 aromatic rings. The highest BCUT2D eigenvalue weighted by Crippen LogP contribution is 2.23. The van der Waals surface area contributed by atoms with E-state index in [4.69, 9.17) is 20.6 Å². The van der Waals surface area contributed by atoms with Gasteiger partial charge in [0.1, 0.15) is 11.6 Å². The summed E-state index contributed by atoms with van der Waals surface area (Å²) in [5.41, 5.74) is 10.4. The number of benzene rings is 4. The van der Waals surface area contributed by atoms with Crippen molar-refractivity contribution in [2.75, 3.05) is 14.2 Å². The number of amidine groups is 1. The smallest absolute Gasteiger partial charge is 0.311 e. The van der Waals surface area contributed by atoms with E-state index >= 15 is 0 Å².